The second-order valence-corrected chi connectivity index (χ2v) is 8.25. The maximum absolute atomic E-state index is 12.4. The molecular formula is C24H24F3N7O. The second kappa shape index (κ2) is 9.71. The van der Waals surface area contributed by atoms with Gasteiger partial charge in [-0.3, -0.25) is 9.67 Å². The van der Waals surface area contributed by atoms with Crippen LogP contribution in [0.3, 0.4) is 0 Å². The van der Waals surface area contributed by atoms with Crippen LogP contribution >= 0.6 is 0 Å². The number of benzene rings is 1. The van der Waals surface area contributed by atoms with Crippen LogP contribution in [-0.4, -0.2) is 42.4 Å². The Hall–Kier alpha value is -3.99. The lowest BCUT2D eigenvalue weighted by Gasteiger charge is -2.09. The number of hydrogen-bond acceptors (Lipinski definition) is 6. The van der Waals surface area contributed by atoms with E-state index in [9.17, 15) is 13.2 Å². The highest BCUT2D eigenvalue weighted by molar-refractivity contribution is 5.96. The first-order valence-electron chi connectivity index (χ1n) is 10.8. The number of ether oxygens (including phenoxy) is 1. The quantitative estimate of drug-likeness (QED) is 0.359. The Labute approximate surface area is 199 Å². The van der Waals surface area contributed by atoms with Gasteiger partial charge in [-0.25, -0.2) is 4.98 Å². The van der Waals surface area contributed by atoms with E-state index in [2.05, 4.69) is 19.8 Å². The summed E-state index contributed by atoms with van der Waals surface area (Å²) < 4.78 is 44.5. The van der Waals surface area contributed by atoms with Crippen LogP contribution in [0.1, 0.15) is 30.3 Å². The number of nitrogens with zero attached hydrogens (tertiary/aromatic N) is 5. The smallest absolute Gasteiger partial charge is 0.406 e. The molecule has 35 heavy (non-hydrogen) atoms. The molecule has 0 saturated heterocycles. The van der Waals surface area contributed by atoms with Crippen molar-refractivity contribution in [1.29, 1.82) is 5.41 Å². The standard InChI is InChI=1S/C24H24F3N7O/c1-15(28)9-20(29)21-8-3-17(11-30-21)12-34-16(2)10-22(32-34)23-13-33(14-31-23)18-4-6-19(7-5-18)35-24(25,26)27/h3-8,10-11,13-15,29H,9,12,28H2,1-2H3/t15-/m1/s1. The summed E-state index contributed by atoms with van der Waals surface area (Å²) in [6.45, 7) is 4.29. The Kier molecular flexibility index (Phi) is 6.70. The molecule has 0 radical (unpaired) electrons. The normalized spacial score (nSPS) is 12.5. The molecule has 11 heteroatoms. The molecule has 0 fully saturated rings. The number of aryl methyl sites for hydroxylation is 1. The zero-order valence-electron chi connectivity index (χ0n) is 19.1. The minimum absolute atomic E-state index is 0.0969. The van der Waals surface area contributed by atoms with E-state index in [1.54, 1.807) is 23.3 Å². The summed E-state index contributed by atoms with van der Waals surface area (Å²) in [5, 5.41) is 12.7. The van der Waals surface area contributed by atoms with Gasteiger partial charge in [0.15, 0.2) is 0 Å². The maximum atomic E-state index is 12.4. The molecule has 1 atom stereocenters. The average molecular weight is 483 g/mol. The molecule has 4 rings (SSSR count). The van der Waals surface area contributed by atoms with Crippen molar-refractivity contribution in [2.45, 2.75) is 39.2 Å². The number of aromatic nitrogens is 5. The van der Waals surface area contributed by atoms with Crippen molar-refractivity contribution in [2.24, 2.45) is 5.73 Å². The second-order valence-electron chi connectivity index (χ2n) is 8.25. The first-order chi connectivity index (χ1) is 16.6. The summed E-state index contributed by atoms with van der Waals surface area (Å²) in [6, 6.07) is 11.1. The van der Waals surface area contributed by atoms with Gasteiger partial charge in [0.2, 0.25) is 0 Å². The van der Waals surface area contributed by atoms with Crippen LogP contribution in [0.4, 0.5) is 13.2 Å². The number of nitrogens with two attached hydrogens (primary N) is 1. The number of alkyl halides is 3. The van der Waals surface area contributed by atoms with E-state index >= 15 is 0 Å². The zero-order chi connectivity index (χ0) is 25.2. The Balaban J connectivity index is 1.46. The molecule has 8 nitrogen and oxygen atoms in total. The molecule has 3 aromatic heterocycles. The summed E-state index contributed by atoms with van der Waals surface area (Å²) in [6.07, 6.45) is 0.790. The number of rotatable bonds is 8. The lowest BCUT2D eigenvalue weighted by Crippen LogP contribution is -2.20. The van der Waals surface area contributed by atoms with E-state index < -0.39 is 6.36 Å². The maximum Gasteiger partial charge on any atom is 0.573 e. The third-order valence-corrected chi connectivity index (χ3v) is 5.19. The van der Waals surface area contributed by atoms with Crippen LogP contribution in [0.2, 0.25) is 0 Å². The molecule has 3 N–H and O–H groups in total. The van der Waals surface area contributed by atoms with E-state index in [4.69, 9.17) is 11.1 Å². The van der Waals surface area contributed by atoms with E-state index in [1.807, 2.05) is 36.7 Å². The van der Waals surface area contributed by atoms with Crippen molar-refractivity contribution in [1.82, 2.24) is 24.3 Å². The van der Waals surface area contributed by atoms with Crippen LogP contribution < -0.4 is 10.5 Å². The molecule has 182 valence electrons. The number of nitrogens with one attached hydrogen (secondary N) is 1. The van der Waals surface area contributed by atoms with Crippen molar-refractivity contribution >= 4 is 5.71 Å². The first-order valence-corrected chi connectivity index (χ1v) is 10.8. The Morgan fingerprint density at radius 3 is 2.49 bits per heavy atom. The summed E-state index contributed by atoms with van der Waals surface area (Å²) >= 11 is 0. The van der Waals surface area contributed by atoms with Gasteiger partial charge < -0.3 is 20.4 Å². The molecule has 0 bridgehead atoms. The molecular weight excluding hydrogens is 459 g/mol. The largest absolute Gasteiger partial charge is 0.573 e. The van der Waals surface area contributed by atoms with Gasteiger partial charge in [-0.2, -0.15) is 5.10 Å². The molecule has 0 spiro atoms. The number of pyridine rings is 1. The van der Waals surface area contributed by atoms with E-state index in [0.717, 1.165) is 11.3 Å². The third kappa shape index (κ3) is 6.12. The third-order valence-electron chi connectivity index (χ3n) is 5.19. The summed E-state index contributed by atoms with van der Waals surface area (Å²) in [4.78, 5) is 8.77. The predicted molar refractivity (Wildman–Crippen MR) is 125 cm³/mol. The Morgan fingerprint density at radius 2 is 1.86 bits per heavy atom. The molecule has 0 saturated carbocycles. The molecule has 0 aliphatic heterocycles. The van der Waals surface area contributed by atoms with Crippen LogP contribution in [-0.2, 0) is 6.54 Å². The Bertz CT molecular complexity index is 1310. The fraction of sp³-hybridized carbons (Fsp3) is 0.250. The van der Waals surface area contributed by atoms with Crippen molar-refractivity contribution in [3.8, 4) is 22.8 Å². The van der Waals surface area contributed by atoms with Crippen LogP contribution in [0.25, 0.3) is 17.1 Å². The molecule has 4 aromatic rings. The first kappa shape index (κ1) is 24.1. The van der Waals surface area contributed by atoms with Gasteiger partial charge in [0.1, 0.15) is 17.1 Å². The monoisotopic (exact) mass is 483 g/mol. The van der Waals surface area contributed by atoms with Gasteiger partial charge >= 0.3 is 6.36 Å². The van der Waals surface area contributed by atoms with Crippen molar-refractivity contribution < 1.29 is 17.9 Å². The molecule has 0 unspecified atom stereocenters. The minimum Gasteiger partial charge on any atom is -0.406 e. The molecule has 3 heterocycles. The fourth-order valence-corrected chi connectivity index (χ4v) is 3.51. The van der Waals surface area contributed by atoms with Gasteiger partial charge in [0.05, 0.1) is 24.3 Å². The lowest BCUT2D eigenvalue weighted by atomic mass is 10.1. The Morgan fingerprint density at radius 1 is 1.11 bits per heavy atom. The highest BCUT2D eigenvalue weighted by atomic mass is 19.4. The molecule has 1 aromatic carbocycles. The molecule has 0 aliphatic carbocycles. The molecule has 0 aliphatic rings. The van der Waals surface area contributed by atoms with Gasteiger partial charge in [-0.15, -0.1) is 13.2 Å². The van der Waals surface area contributed by atoms with Crippen LogP contribution in [0.5, 0.6) is 5.75 Å². The predicted octanol–water partition coefficient (Wildman–Crippen LogP) is 4.49. The number of imidazole rings is 1. The summed E-state index contributed by atoms with van der Waals surface area (Å²) in [5.41, 5.74) is 10.6. The minimum atomic E-state index is -4.73. The van der Waals surface area contributed by atoms with Gasteiger partial charge in [0, 0.05) is 36.2 Å². The average Bonchev–Trinajstić information content (AvgIpc) is 3.41. The van der Waals surface area contributed by atoms with Crippen LogP contribution in [0, 0.1) is 12.3 Å². The van der Waals surface area contributed by atoms with Crippen molar-refractivity contribution in [3.05, 3.63) is 78.1 Å². The number of halogens is 3. The summed E-state index contributed by atoms with van der Waals surface area (Å²) in [7, 11) is 0. The highest BCUT2D eigenvalue weighted by Crippen LogP contribution is 2.25. The van der Waals surface area contributed by atoms with Gasteiger partial charge in [-0.05, 0) is 55.8 Å². The van der Waals surface area contributed by atoms with Gasteiger partial charge in [-0.1, -0.05) is 6.07 Å². The number of hydrogen-bond donors (Lipinski definition) is 2. The van der Waals surface area contributed by atoms with E-state index in [0.29, 0.717) is 41.4 Å². The van der Waals surface area contributed by atoms with Gasteiger partial charge in [0.25, 0.3) is 0 Å². The fourth-order valence-electron chi connectivity index (χ4n) is 3.51. The zero-order valence-corrected chi connectivity index (χ0v) is 19.1. The SMILES string of the molecule is Cc1cc(-c2cn(-c3ccc(OC(F)(F)F)cc3)cn2)nn1Cc1ccc(C(=N)C[C@@H](C)N)nc1. The van der Waals surface area contributed by atoms with Crippen molar-refractivity contribution in [2.75, 3.05) is 0 Å². The van der Waals surface area contributed by atoms with Crippen molar-refractivity contribution in [3.63, 3.8) is 0 Å². The summed E-state index contributed by atoms with van der Waals surface area (Å²) in [5.74, 6) is -0.288. The molecule has 0 amide bonds. The lowest BCUT2D eigenvalue weighted by molar-refractivity contribution is -0.274. The van der Waals surface area contributed by atoms with E-state index in [1.165, 1.54) is 24.3 Å². The van der Waals surface area contributed by atoms with E-state index in [-0.39, 0.29) is 11.8 Å². The topological polar surface area (TPSA) is 108 Å². The highest BCUT2D eigenvalue weighted by Gasteiger charge is 2.31. The van der Waals surface area contributed by atoms with Crippen LogP contribution in [0.15, 0.2) is 61.2 Å².